The predicted molar refractivity (Wildman–Crippen MR) is 73.0 cm³/mol. The highest BCUT2D eigenvalue weighted by Crippen LogP contribution is 2.18. The number of rotatable bonds is 7. The Labute approximate surface area is 109 Å². The van der Waals surface area contributed by atoms with E-state index in [1.807, 2.05) is 12.1 Å². The molecular formula is C15H23FN2. The SMILES string of the molecule is CC(CCNC1CC1)N(C)Cc1ccccc1F. The normalized spacial score (nSPS) is 17.1. The molecule has 0 aromatic heterocycles. The van der Waals surface area contributed by atoms with Gasteiger partial charge in [0.2, 0.25) is 0 Å². The molecule has 1 aliphatic carbocycles. The maximum Gasteiger partial charge on any atom is 0.127 e. The van der Waals surface area contributed by atoms with E-state index in [1.165, 1.54) is 18.9 Å². The van der Waals surface area contributed by atoms with Gasteiger partial charge in [-0.3, -0.25) is 4.90 Å². The minimum Gasteiger partial charge on any atom is -0.314 e. The van der Waals surface area contributed by atoms with Crippen molar-refractivity contribution < 1.29 is 4.39 Å². The van der Waals surface area contributed by atoms with Crippen LogP contribution in [0.2, 0.25) is 0 Å². The number of hydrogen-bond donors (Lipinski definition) is 1. The maximum atomic E-state index is 13.5. The van der Waals surface area contributed by atoms with Crippen molar-refractivity contribution in [2.24, 2.45) is 0 Å². The van der Waals surface area contributed by atoms with Gasteiger partial charge in [0.15, 0.2) is 0 Å². The molecule has 0 aliphatic heterocycles. The van der Waals surface area contributed by atoms with E-state index in [-0.39, 0.29) is 5.82 Å². The summed E-state index contributed by atoms with van der Waals surface area (Å²) in [5, 5.41) is 3.52. The molecule has 1 aromatic carbocycles. The van der Waals surface area contributed by atoms with Crippen molar-refractivity contribution in [3.05, 3.63) is 35.6 Å². The number of nitrogens with zero attached hydrogens (tertiary/aromatic N) is 1. The van der Waals surface area contributed by atoms with Crippen LogP contribution in [0.3, 0.4) is 0 Å². The minimum atomic E-state index is -0.104. The van der Waals surface area contributed by atoms with Crippen LogP contribution in [0.25, 0.3) is 0 Å². The molecule has 1 aliphatic rings. The van der Waals surface area contributed by atoms with Gasteiger partial charge < -0.3 is 5.32 Å². The molecule has 0 spiro atoms. The molecule has 100 valence electrons. The first-order valence-electron chi connectivity index (χ1n) is 6.84. The number of benzene rings is 1. The molecule has 1 saturated carbocycles. The molecule has 2 rings (SSSR count). The van der Waals surface area contributed by atoms with Crippen molar-refractivity contribution in [2.75, 3.05) is 13.6 Å². The summed E-state index contributed by atoms with van der Waals surface area (Å²) >= 11 is 0. The third kappa shape index (κ3) is 4.07. The molecule has 18 heavy (non-hydrogen) atoms. The van der Waals surface area contributed by atoms with Crippen molar-refractivity contribution in [1.82, 2.24) is 10.2 Å². The molecule has 0 bridgehead atoms. The Hall–Kier alpha value is -0.930. The van der Waals surface area contributed by atoms with Gasteiger partial charge in [0.1, 0.15) is 5.82 Å². The third-order valence-corrected chi connectivity index (χ3v) is 3.70. The summed E-state index contributed by atoms with van der Waals surface area (Å²) in [5.74, 6) is -0.104. The molecule has 1 N–H and O–H groups in total. The first kappa shape index (κ1) is 13.5. The molecule has 3 heteroatoms. The molecule has 1 fully saturated rings. The Morgan fingerprint density at radius 1 is 1.39 bits per heavy atom. The molecule has 2 nitrogen and oxygen atoms in total. The Balaban J connectivity index is 1.75. The fourth-order valence-electron chi connectivity index (χ4n) is 2.06. The van der Waals surface area contributed by atoms with Crippen LogP contribution < -0.4 is 5.32 Å². The number of hydrogen-bond acceptors (Lipinski definition) is 2. The predicted octanol–water partition coefficient (Wildman–Crippen LogP) is 2.79. The highest BCUT2D eigenvalue weighted by molar-refractivity contribution is 5.17. The molecule has 0 heterocycles. The summed E-state index contributed by atoms with van der Waals surface area (Å²) in [4.78, 5) is 2.22. The quantitative estimate of drug-likeness (QED) is 0.800. The maximum absolute atomic E-state index is 13.5. The zero-order valence-electron chi connectivity index (χ0n) is 11.3. The zero-order valence-corrected chi connectivity index (χ0v) is 11.3. The lowest BCUT2D eigenvalue weighted by atomic mass is 10.1. The summed E-state index contributed by atoms with van der Waals surface area (Å²) in [6.07, 6.45) is 3.78. The van der Waals surface area contributed by atoms with E-state index in [0.717, 1.165) is 24.6 Å². The van der Waals surface area contributed by atoms with Crippen LogP contribution in [0.15, 0.2) is 24.3 Å². The van der Waals surface area contributed by atoms with Gasteiger partial charge >= 0.3 is 0 Å². The summed E-state index contributed by atoms with van der Waals surface area (Å²) in [5.41, 5.74) is 0.780. The van der Waals surface area contributed by atoms with E-state index in [4.69, 9.17) is 0 Å². The van der Waals surface area contributed by atoms with Crippen molar-refractivity contribution in [2.45, 2.75) is 44.8 Å². The van der Waals surface area contributed by atoms with E-state index >= 15 is 0 Å². The van der Waals surface area contributed by atoms with Crippen LogP contribution in [0, 0.1) is 5.82 Å². The second kappa shape index (κ2) is 6.30. The lowest BCUT2D eigenvalue weighted by Crippen LogP contribution is -2.32. The molecule has 1 atom stereocenters. The van der Waals surface area contributed by atoms with Crippen LogP contribution in [0.4, 0.5) is 4.39 Å². The highest BCUT2D eigenvalue weighted by atomic mass is 19.1. The Kier molecular flexibility index (Phi) is 4.72. The number of halogens is 1. The van der Waals surface area contributed by atoms with Crippen LogP contribution in [0.1, 0.15) is 31.7 Å². The van der Waals surface area contributed by atoms with Gasteiger partial charge in [-0.1, -0.05) is 18.2 Å². The average Bonchev–Trinajstić information content (AvgIpc) is 3.16. The molecule has 0 saturated heterocycles. The van der Waals surface area contributed by atoms with Gasteiger partial charge in [-0.15, -0.1) is 0 Å². The second-order valence-corrected chi connectivity index (χ2v) is 5.37. The van der Waals surface area contributed by atoms with E-state index in [0.29, 0.717) is 12.6 Å². The third-order valence-electron chi connectivity index (χ3n) is 3.70. The van der Waals surface area contributed by atoms with Crippen molar-refractivity contribution in [3.63, 3.8) is 0 Å². The lowest BCUT2D eigenvalue weighted by Gasteiger charge is -2.25. The zero-order chi connectivity index (χ0) is 13.0. The van der Waals surface area contributed by atoms with Gasteiger partial charge in [-0.2, -0.15) is 0 Å². The van der Waals surface area contributed by atoms with Crippen LogP contribution in [-0.4, -0.2) is 30.6 Å². The van der Waals surface area contributed by atoms with Crippen LogP contribution in [0.5, 0.6) is 0 Å². The Morgan fingerprint density at radius 2 is 2.11 bits per heavy atom. The topological polar surface area (TPSA) is 15.3 Å². The van der Waals surface area contributed by atoms with Crippen molar-refractivity contribution in [3.8, 4) is 0 Å². The summed E-state index contributed by atoms with van der Waals surface area (Å²) in [7, 11) is 2.06. The fraction of sp³-hybridized carbons (Fsp3) is 0.600. The van der Waals surface area contributed by atoms with Crippen LogP contribution in [-0.2, 0) is 6.54 Å². The Morgan fingerprint density at radius 3 is 2.78 bits per heavy atom. The smallest absolute Gasteiger partial charge is 0.127 e. The van der Waals surface area contributed by atoms with E-state index < -0.39 is 0 Å². The van der Waals surface area contributed by atoms with Crippen LogP contribution >= 0.6 is 0 Å². The van der Waals surface area contributed by atoms with Crippen molar-refractivity contribution in [1.29, 1.82) is 0 Å². The lowest BCUT2D eigenvalue weighted by molar-refractivity contribution is 0.233. The standard InChI is InChI=1S/C15H23FN2/c1-12(9-10-17-14-7-8-14)18(2)11-13-5-3-4-6-15(13)16/h3-6,12,14,17H,7-11H2,1-2H3. The number of nitrogens with one attached hydrogen (secondary N) is 1. The molecule has 1 aromatic rings. The highest BCUT2D eigenvalue weighted by Gasteiger charge is 2.20. The molecule has 1 unspecified atom stereocenters. The van der Waals surface area contributed by atoms with E-state index in [2.05, 4.69) is 24.2 Å². The minimum absolute atomic E-state index is 0.104. The second-order valence-electron chi connectivity index (χ2n) is 5.37. The van der Waals surface area contributed by atoms with Gasteiger partial charge in [0, 0.05) is 24.2 Å². The largest absolute Gasteiger partial charge is 0.314 e. The first-order valence-corrected chi connectivity index (χ1v) is 6.84. The molecule has 0 amide bonds. The summed E-state index contributed by atoms with van der Waals surface area (Å²) in [6, 6.07) is 8.27. The Bertz CT molecular complexity index is 377. The van der Waals surface area contributed by atoms with Gasteiger partial charge in [-0.05, 0) is 45.8 Å². The monoisotopic (exact) mass is 250 g/mol. The van der Waals surface area contributed by atoms with E-state index in [1.54, 1.807) is 6.07 Å². The summed E-state index contributed by atoms with van der Waals surface area (Å²) in [6.45, 7) is 3.94. The van der Waals surface area contributed by atoms with Gasteiger partial charge in [-0.25, -0.2) is 4.39 Å². The summed E-state index contributed by atoms with van der Waals surface area (Å²) < 4.78 is 13.5. The average molecular weight is 250 g/mol. The molecular weight excluding hydrogens is 227 g/mol. The van der Waals surface area contributed by atoms with E-state index in [9.17, 15) is 4.39 Å². The van der Waals surface area contributed by atoms with Gasteiger partial charge in [0.25, 0.3) is 0 Å². The molecule has 0 radical (unpaired) electrons. The first-order chi connectivity index (χ1) is 8.66. The van der Waals surface area contributed by atoms with Crippen molar-refractivity contribution >= 4 is 0 Å². The van der Waals surface area contributed by atoms with Gasteiger partial charge in [0.05, 0.1) is 0 Å². The fourth-order valence-corrected chi connectivity index (χ4v) is 2.06.